The lowest BCUT2D eigenvalue weighted by atomic mass is 10.1. The zero-order chi connectivity index (χ0) is 19.2. The van der Waals surface area contributed by atoms with E-state index in [4.69, 9.17) is 0 Å². The Hall–Kier alpha value is -2.72. The van der Waals surface area contributed by atoms with Gasteiger partial charge >= 0.3 is 5.97 Å². The number of fused-ring (bicyclic) bond motifs is 1. The van der Waals surface area contributed by atoms with E-state index in [9.17, 15) is 30.1 Å². The number of carboxylic acid groups (broad SMARTS) is 1. The largest absolute Gasteiger partial charge is 0.477 e. The van der Waals surface area contributed by atoms with E-state index in [0.717, 1.165) is 0 Å². The van der Waals surface area contributed by atoms with Crippen LogP contribution in [-0.2, 0) is 4.79 Å². The van der Waals surface area contributed by atoms with Gasteiger partial charge in [-0.25, -0.2) is 4.79 Å². The first-order valence-corrected chi connectivity index (χ1v) is 9.24. The van der Waals surface area contributed by atoms with Crippen molar-refractivity contribution in [1.82, 2.24) is 0 Å². The number of thiol groups is 1. The third-order valence-corrected chi connectivity index (χ3v) is 7.07. The zero-order valence-corrected chi connectivity index (χ0v) is 15.6. The van der Waals surface area contributed by atoms with Crippen molar-refractivity contribution in [2.24, 2.45) is 0 Å². The molecule has 3 rings (SSSR count). The number of benzene rings is 2. The highest BCUT2D eigenvalue weighted by molar-refractivity contribution is 9.10. The normalized spacial score (nSPS) is 17.1. The highest BCUT2D eigenvalue weighted by Gasteiger charge is 2.36. The predicted octanol–water partition coefficient (Wildman–Crippen LogP) is 4.31. The van der Waals surface area contributed by atoms with Crippen molar-refractivity contribution < 1.29 is 19.7 Å². The van der Waals surface area contributed by atoms with Crippen molar-refractivity contribution in [3.8, 4) is 0 Å². The minimum absolute atomic E-state index is 0.0247. The Morgan fingerprint density at radius 2 is 1.88 bits per heavy atom. The van der Waals surface area contributed by atoms with E-state index in [1.54, 1.807) is 6.92 Å². The molecule has 0 saturated carbocycles. The molecule has 0 fully saturated rings. The molecule has 1 atom stereocenters. The Kier molecular flexibility index (Phi) is 4.55. The first-order chi connectivity index (χ1) is 12.2. The van der Waals surface area contributed by atoms with Gasteiger partial charge in [0.2, 0.25) is 0 Å². The van der Waals surface area contributed by atoms with Gasteiger partial charge in [-0.15, -0.1) is 0 Å². The fourth-order valence-corrected chi connectivity index (χ4v) is 6.07. The fourth-order valence-electron chi connectivity index (χ4n) is 2.83. The number of hydrogen-bond donors (Lipinski definition) is 2. The smallest absolute Gasteiger partial charge is 0.341 e. The topological polar surface area (TPSA) is 124 Å². The minimum atomic E-state index is -1.73. The minimum Gasteiger partial charge on any atom is -0.477 e. The lowest BCUT2D eigenvalue weighted by Crippen LogP contribution is -2.02. The van der Waals surface area contributed by atoms with Crippen LogP contribution in [0.1, 0.15) is 12.5 Å². The van der Waals surface area contributed by atoms with Crippen molar-refractivity contribution in [2.75, 3.05) is 0 Å². The maximum Gasteiger partial charge on any atom is 0.341 e. The summed E-state index contributed by atoms with van der Waals surface area (Å²) < 4.78 is 0.457. The number of hydrogen-bond acceptors (Lipinski definition) is 5. The first-order valence-electron chi connectivity index (χ1n) is 7.11. The first kappa shape index (κ1) is 18.1. The molecule has 0 saturated heterocycles. The molecule has 0 bridgehead atoms. The molecule has 0 aromatic heterocycles. The number of allylic oxidation sites excluding steroid dienone is 1. The van der Waals surface area contributed by atoms with Gasteiger partial charge in [0.05, 0.1) is 19.6 Å². The van der Waals surface area contributed by atoms with Crippen LogP contribution in [0, 0.1) is 26.3 Å². The van der Waals surface area contributed by atoms with Gasteiger partial charge in [-0.3, -0.25) is 20.2 Å². The molecule has 1 radical (unpaired) electrons. The molecule has 0 amide bonds. The summed E-state index contributed by atoms with van der Waals surface area (Å²) in [6.45, 7) is 1.56. The molecule has 26 heavy (non-hydrogen) atoms. The van der Waals surface area contributed by atoms with Crippen LogP contribution >= 0.6 is 26.8 Å². The van der Waals surface area contributed by atoms with Gasteiger partial charge in [0, 0.05) is 33.6 Å². The average molecular weight is 438 g/mol. The number of rotatable bonds is 4. The van der Waals surface area contributed by atoms with Crippen molar-refractivity contribution in [2.45, 2.75) is 16.7 Å². The van der Waals surface area contributed by atoms with Crippen LogP contribution in [0.2, 0.25) is 0 Å². The zero-order valence-electron chi connectivity index (χ0n) is 13.1. The third-order valence-electron chi connectivity index (χ3n) is 3.93. The molecule has 10 heteroatoms. The van der Waals surface area contributed by atoms with Crippen molar-refractivity contribution in [3.05, 3.63) is 71.6 Å². The Morgan fingerprint density at radius 3 is 2.46 bits per heavy atom. The lowest BCUT2D eigenvalue weighted by Gasteiger charge is -2.19. The highest BCUT2D eigenvalue weighted by atomic mass is 79.9. The van der Waals surface area contributed by atoms with Crippen LogP contribution in [0.15, 0.2) is 49.5 Å². The van der Waals surface area contributed by atoms with Crippen molar-refractivity contribution in [3.63, 3.8) is 0 Å². The monoisotopic (exact) mass is 437 g/mol. The van der Waals surface area contributed by atoms with Crippen LogP contribution in [0.5, 0.6) is 0 Å². The van der Waals surface area contributed by atoms with Gasteiger partial charge < -0.3 is 5.11 Å². The standard InChI is InChI=1S/C16H10BrN2O6S/c1-8-11-7-10(18(22)23)3-5-13(11)26(15(8)16(20)21)14-6-9(17)2-4-12(14)19(24)25/h3-7,26H,1H3,(H,20,21). The number of carboxylic acids is 1. The molecule has 0 aliphatic carbocycles. The summed E-state index contributed by atoms with van der Waals surface area (Å²) in [5.41, 5.74) is 0.403. The lowest BCUT2D eigenvalue weighted by molar-refractivity contribution is -0.387. The summed E-state index contributed by atoms with van der Waals surface area (Å²) in [6, 6.07) is 9.43. The van der Waals surface area contributed by atoms with Gasteiger partial charge in [-0.05, 0) is 30.2 Å². The maximum absolute atomic E-state index is 11.9. The predicted molar refractivity (Wildman–Crippen MR) is 98.5 cm³/mol. The second kappa shape index (κ2) is 6.54. The van der Waals surface area contributed by atoms with Crippen LogP contribution in [0.3, 0.4) is 0 Å². The SMILES string of the molecule is CC1=C(C(=O)O)[SH](c2cc(Br)[c]cc2[N+](=O)[O-])c2ccc([N+](=O)[O-])cc21. The highest BCUT2D eigenvalue weighted by Crippen LogP contribution is 2.62. The summed E-state index contributed by atoms with van der Waals surface area (Å²) >= 11 is 3.21. The number of non-ortho nitro benzene ring substituents is 1. The molecule has 1 unspecified atom stereocenters. The Labute approximate surface area is 157 Å². The van der Waals surface area contributed by atoms with Gasteiger partial charge in [0.25, 0.3) is 11.4 Å². The molecule has 2 aromatic rings. The molecule has 1 N–H and O–H groups in total. The molecule has 8 nitrogen and oxygen atoms in total. The summed E-state index contributed by atoms with van der Waals surface area (Å²) in [6.07, 6.45) is 0. The molecular formula is C16H10BrN2O6S. The molecule has 0 spiro atoms. The van der Waals surface area contributed by atoms with Gasteiger partial charge in [0.15, 0.2) is 0 Å². The van der Waals surface area contributed by atoms with Crippen LogP contribution in [-0.4, -0.2) is 20.9 Å². The maximum atomic E-state index is 11.9. The van der Waals surface area contributed by atoms with E-state index in [0.29, 0.717) is 20.5 Å². The number of halogens is 1. The Morgan fingerprint density at radius 1 is 1.19 bits per heavy atom. The van der Waals surface area contributed by atoms with E-state index in [1.807, 2.05) is 0 Å². The molecule has 1 aliphatic rings. The number of nitro groups is 2. The second-order valence-corrected chi connectivity index (χ2v) is 8.32. The van der Waals surface area contributed by atoms with E-state index < -0.39 is 26.7 Å². The van der Waals surface area contributed by atoms with Crippen LogP contribution in [0.25, 0.3) is 5.57 Å². The molecule has 1 heterocycles. The summed E-state index contributed by atoms with van der Waals surface area (Å²) in [5.74, 6) is -1.20. The molecule has 2 aromatic carbocycles. The number of nitrogens with zero attached hydrogens (tertiary/aromatic N) is 2. The summed E-state index contributed by atoms with van der Waals surface area (Å²) in [4.78, 5) is 34.0. The molecule has 133 valence electrons. The number of aliphatic carboxylic acids is 1. The number of nitro benzene ring substituents is 2. The third kappa shape index (κ3) is 2.86. The summed E-state index contributed by atoms with van der Waals surface area (Å²) in [7, 11) is -1.73. The van der Waals surface area contributed by atoms with E-state index >= 15 is 0 Å². The van der Waals surface area contributed by atoms with E-state index in [1.165, 1.54) is 30.3 Å². The number of carbonyl (C=O) groups is 1. The van der Waals surface area contributed by atoms with Crippen LogP contribution in [0.4, 0.5) is 11.4 Å². The average Bonchev–Trinajstić information content (AvgIpc) is 2.86. The van der Waals surface area contributed by atoms with Crippen molar-refractivity contribution in [1.29, 1.82) is 0 Å². The second-order valence-electron chi connectivity index (χ2n) is 5.38. The summed E-state index contributed by atoms with van der Waals surface area (Å²) in [5, 5.41) is 32.2. The van der Waals surface area contributed by atoms with Crippen molar-refractivity contribution >= 4 is 49.7 Å². The van der Waals surface area contributed by atoms with E-state index in [-0.39, 0.29) is 21.2 Å². The molecule has 1 aliphatic heterocycles. The Balaban J connectivity index is 2.33. The Bertz CT molecular complexity index is 1020. The van der Waals surface area contributed by atoms with Gasteiger partial charge in [-0.1, -0.05) is 15.9 Å². The van der Waals surface area contributed by atoms with E-state index in [2.05, 4.69) is 22.0 Å². The molecular weight excluding hydrogens is 428 g/mol. The fraction of sp³-hybridized carbons (Fsp3) is 0.0625. The quantitative estimate of drug-likeness (QED) is 0.417. The van der Waals surface area contributed by atoms with Gasteiger partial charge in [0.1, 0.15) is 0 Å². The van der Waals surface area contributed by atoms with Crippen LogP contribution < -0.4 is 0 Å². The van der Waals surface area contributed by atoms with Gasteiger partial charge in [-0.2, -0.15) is 10.9 Å².